The maximum Gasteiger partial charge on any atom is 0.238 e. The Hall–Kier alpha value is -5.08. The van der Waals surface area contributed by atoms with E-state index in [-0.39, 0.29) is 41.3 Å². The Bertz CT molecular complexity index is 2090. The number of halogens is 1. The molecule has 0 aromatic heterocycles. The largest absolute Gasteiger partial charge is 0.503 e. The Morgan fingerprint density at radius 3 is 2.16 bits per heavy atom. The van der Waals surface area contributed by atoms with Gasteiger partial charge < -0.3 is 9.84 Å². The number of nitrogens with zero attached hydrogens (tertiary/aromatic N) is 1. The Kier molecular flexibility index (Phi) is 7.52. The summed E-state index contributed by atoms with van der Waals surface area (Å²) in [5.74, 6) is -4.19. The summed E-state index contributed by atoms with van der Waals surface area (Å²) >= 11 is 3.50. The minimum absolute atomic E-state index is 0.0889. The highest BCUT2D eigenvalue weighted by Crippen LogP contribution is 2.64. The van der Waals surface area contributed by atoms with Crippen molar-refractivity contribution in [2.75, 3.05) is 12.0 Å². The maximum absolute atomic E-state index is 15.1. The van der Waals surface area contributed by atoms with Crippen molar-refractivity contribution in [3.8, 4) is 11.5 Å². The monoisotopic (exact) mass is 713 g/mol. The zero-order valence-electron chi connectivity index (χ0n) is 26.6. The number of ketones is 2. The van der Waals surface area contributed by atoms with Crippen LogP contribution in [0.5, 0.6) is 11.5 Å². The smallest absolute Gasteiger partial charge is 0.238 e. The van der Waals surface area contributed by atoms with Gasteiger partial charge in [0.2, 0.25) is 11.8 Å². The quantitative estimate of drug-likeness (QED) is 0.174. The van der Waals surface area contributed by atoms with Crippen LogP contribution >= 0.6 is 15.9 Å². The minimum Gasteiger partial charge on any atom is -0.503 e. The van der Waals surface area contributed by atoms with Gasteiger partial charge in [0, 0.05) is 17.4 Å². The lowest BCUT2D eigenvalue weighted by Crippen LogP contribution is -2.58. The lowest BCUT2D eigenvalue weighted by Gasteiger charge is -2.55. The van der Waals surface area contributed by atoms with Crippen molar-refractivity contribution >= 4 is 50.6 Å². The standard InChI is InChI=1S/C41H32BrNO6/c1-49-33-20-24(19-32(42)38(33)46)36-27-17-18-28-35(40(48)43(39(28)47)26-15-9-4-10-16-26)30(27)21-31-37(45)29(23-11-5-2-6-12-23)22-34(44)41(31,36)25-13-7-3-8-14-25/h2-17,19-20,22,28,30-31,35-36,46H,18,21H2,1H3/t28-,30+,31-,35-,36-,41-/m0/s1. The van der Waals surface area contributed by atoms with Crippen LogP contribution in [-0.4, -0.2) is 35.6 Å². The molecule has 0 spiro atoms. The normalized spacial score (nSPS) is 27.6. The van der Waals surface area contributed by atoms with Gasteiger partial charge in [-0.15, -0.1) is 0 Å². The number of Topliss-reactive ketones (excluding diaryl/α,β-unsaturated/α-hetero) is 1. The van der Waals surface area contributed by atoms with E-state index in [1.165, 1.54) is 18.1 Å². The second-order valence-corrected chi connectivity index (χ2v) is 14.0. The molecular weight excluding hydrogens is 682 g/mol. The molecule has 0 unspecified atom stereocenters. The molecule has 8 rings (SSSR count). The molecule has 1 aliphatic heterocycles. The fourth-order valence-corrected chi connectivity index (χ4v) is 9.46. The second-order valence-electron chi connectivity index (χ2n) is 13.2. The molecule has 3 aliphatic carbocycles. The van der Waals surface area contributed by atoms with Crippen molar-refractivity contribution in [3.05, 3.63) is 142 Å². The van der Waals surface area contributed by atoms with Crippen molar-refractivity contribution in [1.29, 1.82) is 0 Å². The lowest BCUT2D eigenvalue weighted by molar-refractivity contribution is -0.135. The number of para-hydroxylation sites is 1. The molecule has 1 saturated heterocycles. The van der Waals surface area contributed by atoms with Crippen molar-refractivity contribution in [2.45, 2.75) is 24.2 Å². The van der Waals surface area contributed by atoms with E-state index in [0.717, 1.165) is 5.57 Å². The number of rotatable bonds is 5. The molecule has 6 atom stereocenters. The van der Waals surface area contributed by atoms with Gasteiger partial charge in [-0.3, -0.25) is 24.1 Å². The summed E-state index contributed by atoms with van der Waals surface area (Å²) in [6.07, 6.45) is 4.05. The fraction of sp³-hybridized carbons (Fsp3) is 0.220. The molecule has 8 heteroatoms. The van der Waals surface area contributed by atoms with E-state index in [1.807, 2.05) is 72.8 Å². The molecule has 2 fully saturated rings. The number of fused-ring (bicyclic) bond motifs is 4. The van der Waals surface area contributed by atoms with Crippen LogP contribution in [0.1, 0.15) is 35.4 Å². The Balaban J connectivity index is 1.39. The van der Waals surface area contributed by atoms with Gasteiger partial charge in [-0.25, -0.2) is 0 Å². The van der Waals surface area contributed by atoms with Crippen LogP contribution in [0.4, 0.5) is 5.69 Å². The molecule has 49 heavy (non-hydrogen) atoms. The molecule has 244 valence electrons. The number of allylic oxidation sites excluding steroid dienone is 4. The van der Waals surface area contributed by atoms with Gasteiger partial charge in [0.25, 0.3) is 0 Å². The van der Waals surface area contributed by atoms with Crippen LogP contribution < -0.4 is 9.64 Å². The van der Waals surface area contributed by atoms with Crippen LogP contribution in [0, 0.1) is 23.7 Å². The van der Waals surface area contributed by atoms with Crippen molar-refractivity contribution in [2.24, 2.45) is 23.7 Å². The highest BCUT2D eigenvalue weighted by Gasteiger charge is 2.66. The number of aromatic hydroxyl groups is 1. The first-order valence-electron chi connectivity index (χ1n) is 16.4. The number of imide groups is 1. The number of hydrogen-bond acceptors (Lipinski definition) is 6. The average Bonchev–Trinajstić information content (AvgIpc) is 3.40. The summed E-state index contributed by atoms with van der Waals surface area (Å²) in [5.41, 5.74) is 2.32. The molecule has 1 saturated carbocycles. The zero-order valence-corrected chi connectivity index (χ0v) is 28.2. The highest BCUT2D eigenvalue weighted by atomic mass is 79.9. The van der Waals surface area contributed by atoms with E-state index in [2.05, 4.69) is 15.9 Å². The van der Waals surface area contributed by atoms with Crippen LogP contribution in [0.25, 0.3) is 5.57 Å². The number of carbonyl (C=O) groups excluding carboxylic acids is 4. The number of methoxy groups -OCH3 is 1. The molecule has 1 heterocycles. The number of anilines is 1. The number of carbonyl (C=O) groups is 4. The number of amides is 2. The van der Waals surface area contributed by atoms with Crippen LogP contribution in [0.2, 0.25) is 0 Å². The lowest BCUT2D eigenvalue weighted by atomic mass is 9.44. The maximum atomic E-state index is 15.1. The molecule has 0 radical (unpaired) electrons. The van der Waals surface area contributed by atoms with E-state index in [1.54, 1.807) is 36.4 Å². The third kappa shape index (κ3) is 4.53. The molecule has 4 aromatic carbocycles. The number of phenolic OH excluding ortho intramolecular Hbond substituents is 1. The van der Waals surface area contributed by atoms with E-state index in [9.17, 15) is 14.7 Å². The predicted octanol–water partition coefficient (Wildman–Crippen LogP) is 7.19. The van der Waals surface area contributed by atoms with Crippen molar-refractivity contribution in [3.63, 3.8) is 0 Å². The third-order valence-electron chi connectivity index (χ3n) is 11.0. The minimum atomic E-state index is -1.38. The molecular formula is C41H32BrNO6. The SMILES string of the molecule is COc1cc([C@H]2C3=CC[C@@H]4C(=O)N(c5ccccc5)C(=O)[C@@H]4[C@@H]3C[C@H]3C(=O)C(c4ccccc4)=CC(=O)[C@@]23c2ccccc2)cc(Br)c1O. The van der Waals surface area contributed by atoms with Gasteiger partial charge >= 0.3 is 0 Å². The van der Waals surface area contributed by atoms with Crippen LogP contribution in [-0.2, 0) is 24.6 Å². The summed E-state index contributed by atoms with van der Waals surface area (Å²) in [5, 5.41) is 10.8. The third-order valence-corrected chi connectivity index (χ3v) is 11.6. The van der Waals surface area contributed by atoms with Gasteiger partial charge in [0.05, 0.1) is 34.5 Å². The van der Waals surface area contributed by atoms with Gasteiger partial charge in [0.15, 0.2) is 23.1 Å². The molecule has 2 amide bonds. The average molecular weight is 715 g/mol. The van der Waals surface area contributed by atoms with E-state index < -0.39 is 35.0 Å². The molecule has 0 bridgehead atoms. The van der Waals surface area contributed by atoms with Gasteiger partial charge in [-0.05, 0) is 81.7 Å². The van der Waals surface area contributed by atoms with Crippen LogP contribution in [0.3, 0.4) is 0 Å². The fourth-order valence-electron chi connectivity index (χ4n) is 9.00. The molecule has 7 nitrogen and oxygen atoms in total. The Morgan fingerprint density at radius 2 is 1.49 bits per heavy atom. The van der Waals surface area contributed by atoms with Gasteiger partial charge in [-0.2, -0.15) is 0 Å². The first kappa shape index (κ1) is 31.2. The van der Waals surface area contributed by atoms with Gasteiger partial charge in [0.1, 0.15) is 0 Å². The van der Waals surface area contributed by atoms with E-state index in [4.69, 9.17) is 4.74 Å². The zero-order chi connectivity index (χ0) is 34.0. The van der Waals surface area contributed by atoms with E-state index >= 15 is 9.59 Å². The Labute approximate surface area is 292 Å². The topological polar surface area (TPSA) is 101 Å². The number of phenols is 1. The first-order valence-corrected chi connectivity index (χ1v) is 17.2. The summed E-state index contributed by atoms with van der Waals surface area (Å²) < 4.78 is 5.96. The van der Waals surface area contributed by atoms with Gasteiger partial charge in [-0.1, -0.05) is 90.5 Å². The highest BCUT2D eigenvalue weighted by molar-refractivity contribution is 9.10. The summed E-state index contributed by atoms with van der Waals surface area (Å²) in [7, 11) is 1.46. The Morgan fingerprint density at radius 1 is 0.837 bits per heavy atom. The van der Waals surface area contributed by atoms with E-state index in [0.29, 0.717) is 38.8 Å². The summed E-state index contributed by atoms with van der Waals surface area (Å²) in [6.45, 7) is 0. The molecule has 4 aliphatic rings. The second kappa shape index (κ2) is 11.8. The van der Waals surface area contributed by atoms with Crippen molar-refractivity contribution in [1.82, 2.24) is 0 Å². The summed E-state index contributed by atoms with van der Waals surface area (Å²) in [4.78, 5) is 59.9. The number of hydrogen-bond donors (Lipinski definition) is 1. The number of ether oxygens (including phenoxy) is 1. The summed E-state index contributed by atoms with van der Waals surface area (Å²) in [6, 6.07) is 31.0. The number of benzene rings is 4. The van der Waals surface area contributed by atoms with Crippen LogP contribution in [0.15, 0.2) is 125 Å². The predicted molar refractivity (Wildman–Crippen MR) is 188 cm³/mol. The molecule has 4 aromatic rings. The van der Waals surface area contributed by atoms with Crippen molar-refractivity contribution < 1.29 is 29.0 Å². The first-order chi connectivity index (χ1) is 23.8. The molecule has 1 N–H and O–H groups in total.